The monoisotopic (exact) mass is 192 g/mol. The number of hydrogen-bond donors (Lipinski definition) is 1. The first-order valence-corrected chi connectivity index (χ1v) is 4.87. The van der Waals surface area contributed by atoms with Gasteiger partial charge in [0.15, 0.2) is 0 Å². The maximum Gasteiger partial charge on any atom is 0.126 e. The average molecular weight is 192 g/mol. The van der Waals surface area contributed by atoms with Gasteiger partial charge in [-0.2, -0.15) is 0 Å². The highest BCUT2D eigenvalue weighted by Gasteiger charge is 1.97. The summed E-state index contributed by atoms with van der Waals surface area (Å²) in [6, 6.07) is 7.81. The topological polar surface area (TPSA) is 29.5 Å². The minimum atomic E-state index is 0.0474. The summed E-state index contributed by atoms with van der Waals surface area (Å²) in [7, 11) is 0. The third-order valence-electron chi connectivity index (χ3n) is 1.80. The van der Waals surface area contributed by atoms with Gasteiger partial charge in [0.25, 0.3) is 0 Å². The van der Waals surface area contributed by atoms with E-state index in [4.69, 9.17) is 9.84 Å². The quantitative estimate of drug-likeness (QED) is 0.776. The molecule has 1 N–H and O–H groups in total. The Morgan fingerprint density at radius 3 is 2.86 bits per heavy atom. The van der Waals surface area contributed by atoms with Crippen LogP contribution in [0, 0.1) is 0 Å². The number of aliphatic hydroxyl groups is 1. The van der Waals surface area contributed by atoms with Crippen molar-refractivity contribution in [2.45, 2.75) is 13.3 Å². The normalized spacial score (nSPS) is 10.7. The average Bonchev–Trinajstić information content (AvgIpc) is 2.24. The first kappa shape index (κ1) is 10.8. The number of hydrogen-bond acceptors (Lipinski definition) is 2. The zero-order chi connectivity index (χ0) is 10.2. The number of rotatable bonds is 5. The summed E-state index contributed by atoms with van der Waals surface area (Å²) in [5.41, 5.74) is 1.06. The fourth-order valence-corrected chi connectivity index (χ4v) is 1.15. The van der Waals surface area contributed by atoms with E-state index in [1.807, 2.05) is 30.3 Å². The number of allylic oxidation sites excluding steroid dienone is 1. The van der Waals surface area contributed by atoms with Gasteiger partial charge in [0.1, 0.15) is 12.4 Å². The minimum Gasteiger partial charge on any atom is -0.491 e. The molecule has 0 saturated heterocycles. The second kappa shape index (κ2) is 6.22. The van der Waals surface area contributed by atoms with E-state index in [1.165, 1.54) is 0 Å². The molecule has 0 amide bonds. The van der Waals surface area contributed by atoms with Crippen LogP contribution in [0.4, 0.5) is 0 Å². The van der Waals surface area contributed by atoms with Crippen LogP contribution >= 0.6 is 0 Å². The summed E-state index contributed by atoms with van der Waals surface area (Å²) in [5, 5.41) is 8.65. The molecular formula is C12H16O2. The molecule has 2 nitrogen and oxygen atoms in total. The van der Waals surface area contributed by atoms with Crippen LogP contribution in [0.25, 0.3) is 6.08 Å². The van der Waals surface area contributed by atoms with Gasteiger partial charge in [-0.05, 0) is 12.5 Å². The summed E-state index contributed by atoms with van der Waals surface area (Å²) in [6.07, 6.45) is 5.13. The van der Waals surface area contributed by atoms with E-state index in [1.54, 1.807) is 0 Å². The molecule has 0 aliphatic rings. The highest BCUT2D eigenvalue weighted by molar-refractivity contribution is 5.56. The van der Waals surface area contributed by atoms with Crippen LogP contribution < -0.4 is 4.74 Å². The molecule has 0 spiro atoms. The molecule has 0 aliphatic carbocycles. The lowest BCUT2D eigenvalue weighted by molar-refractivity contribution is 0.201. The fourth-order valence-electron chi connectivity index (χ4n) is 1.15. The van der Waals surface area contributed by atoms with Gasteiger partial charge in [-0.1, -0.05) is 37.3 Å². The van der Waals surface area contributed by atoms with Crippen LogP contribution in [0.5, 0.6) is 5.75 Å². The standard InChI is InChI=1S/C12H16O2/c1-2-3-6-11-7-4-5-8-12(11)14-10-9-13/h3-8,13H,2,9-10H2,1H3/b6-3-. The second-order valence-electron chi connectivity index (χ2n) is 2.92. The molecule has 0 bridgehead atoms. The lowest BCUT2D eigenvalue weighted by Crippen LogP contribution is -2.02. The first-order valence-electron chi connectivity index (χ1n) is 4.87. The molecule has 0 aromatic heterocycles. The van der Waals surface area contributed by atoms with E-state index in [9.17, 15) is 0 Å². The largest absolute Gasteiger partial charge is 0.491 e. The SMILES string of the molecule is CC/C=C\c1ccccc1OCCO. The Labute approximate surface area is 84.8 Å². The Morgan fingerprint density at radius 1 is 1.36 bits per heavy atom. The van der Waals surface area contributed by atoms with E-state index in [-0.39, 0.29) is 6.61 Å². The number of aliphatic hydroxyl groups excluding tert-OH is 1. The van der Waals surface area contributed by atoms with Crippen LogP contribution in [0.3, 0.4) is 0 Å². The molecule has 0 unspecified atom stereocenters. The van der Waals surface area contributed by atoms with E-state index in [0.29, 0.717) is 6.61 Å². The Hall–Kier alpha value is -1.28. The molecule has 14 heavy (non-hydrogen) atoms. The van der Waals surface area contributed by atoms with E-state index in [2.05, 4.69) is 13.0 Å². The zero-order valence-corrected chi connectivity index (χ0v) is 8.44. The predicted octanol–water partition coefficient (Wildman–Crippen LogP) is 2.48. The van der Waals surface area contributed by atoms with Crippen LogP contribution in [-0.2, 0) is 0 Å². The summed E-state index contributed by atoms with van der Waals surface area (Å²) in [4.78, 5) is 0. The van der Waals surface area contributed by atoms with Crippen LogP contribution in [0.2, 0.25) is 0 Å². The molecule has 0 radical (unpaired) electrons. The molecule has 0 atom stereocenters. The van der Waals surface area contributed by atoms with Crippen molar-refractivity contribution < 1.29 is 9.84 Å². The van der Waals surface area contributed by atoms with Crippen molar-refractivity contribution in [1.29, 1.82) is 0 Å². The molecule has 1 rings (SSSR count). The van der Waals surface area contributed by atoms with Crippen molar-refractivity contribution >= 4 is 6.08 Å². The van der Waals surface area contributed by atoms with Gasteiger partial charge in [-0.15, -0.1) is 0 Å². The van der Waals surface area contributed by atoms with Gasteiger partial charge in [-0.3, -0.25) is 0 Å². The fraction of sp³-hybridized carbons (Fsp3) is 0.333. The maximum absolute atomic E-state index is 8.65. The van der Waals surface area contributed by atoms with Gasteiger partial charge in [0.2, 0.25) is 0 Å². The number of benzene rings is 1. The Bertz CT molecular complexity index is 292. The molecule has 0 aliphatic heterocycles. The van der Waals surface area contributed by atoms with Crippen molar-refractivity contribution in [3.63, 3.8) is 0 Å². The van der Waals surface area contributed by atoms with Crippen LogP contribution in [0.15, 0.2) is 30.3 Å². The molecule has 0 saturated carbocycles. The van der Waals surface area contributed by atoms with Crippen LogP contribution in [-0.4, -0.2) is 18.3 Å². The predicted molar refractivity (Wildman–Crippen MR) is 58.3 cm³/mol. The lowest BCUT2D eigenvalue weighted by Gasteiger charge is -2.06. The molecule has 0 fully saturated rings. The van der Waals surface area contributed by atoms with Crippen LogP contribution in [0.1, 0.15) is 18.9 Å². The molecular weight excluding hydrogens is 176 g/mol. The molecule has 1 aromatic rings. The molecule has 0 heterocycles. The molecule has 1 aromatic carbocycles. The van der Waals surface area contributed by atoms with Gasteiger partial charge in [0.05, 0.1) is 6.61 Å². The third kappa shape index (κ3) is 3.23. The third-order valence-corrected chi connectivity index (χ3v) is 1.80. The Morgan fingerprint density at radius 2 is 2.14 bits per heavy atom. The zero-order valence-electron chi connectivity index (χ0n) is 8.44. The number of para-hydroxylation sites is 1. The second-order valence-corrected chi connectivity index (χ2v) is 2.92. The summed E-state index contributed by atoms with van der Waals surface area (Å²) in [6.45, 7) is 2.48. The smallest absolute Gasteiger partial charge is 0.126 e. The van der Waals surface area contributed by atoms with E-state index in [0.717, 1.165) is 17.7 Å². The van der Waals surface area contributed by atoms with Crippen molar-refractivity contribution in [1.82, 2.24) is 0 Å². The summed E-state index contributed by atoms with van der Waals surface area (Å²) < 4.78 is 5.38. The maximum atomic E-state index is 8.65. The summed E-state index contributed by atoms with van der Waals surface area (Å²) >= 11 is 0. The van der Waals surface area contributed by atoms with E-state index >= 15 is 0 Å². The summed E-state index contributed by atoms with van der Waals surface area (Å²) in [5.74, 6) is 0.825. The van der Waals surface area contributed by atoms with Gasteiger partial charge < -0.3 is 9.84 Å². The Kier molecular flexibility index (Phi) is 4.79. The molecule has 2 heteroatoms. The highest BCUT2D eigenvalue weighted by atomic mass is 16.5. The van der Waals surface area contributed by atoms with Gasteiger partial charge in [-0.25, -0.2) is 0 Å². The minimum absolute atomic E-state index is 0.0474. The van der Waals surface area contributed by atoms with E-state index < -0.39 is 0 Å². The van der Waals surface area contributed by atoms with Gasteiger partial charge in [0, 0.05) is 5.56 Å². The first-order chi connectivity index (χ1) is 6.88. The van der Waals surface area contributed by atoms with Crippen molar-refractivity contribution in [2.24, 2.45) is 0 Å². The van der Waals surface area contributed by atoms with Gasteiger partial charge >= 0.3 is 0 Å². The highest BCUT2D eigenvalue weighted by Crippen LogP contribution is 2.19. The Balaban J connectivity index is 2.74. The van der Waals surface area contributed by atoms with Crippen molar-refractivity contribution in [3.8, 4) is 5.75 Å². The number of ether oxygens (including phenoxy) is 1. The molecule has 76 valence electrons. The van der Waals surface area contributed by atoms with Crippen molar-refractivity contribution in [2.75, 3.05) is 13.2 Å². The van der Waals surface area contributed by atoms with Crippen molar-refractivity contribution in [3.05, 3.63) is 35.9 Å². The lowest BCUT2D eigenvalue weighted by atomic mass is 10.2.